The van der Waals surface area contributed by atoms with Gasteiger partial charge in [-0.15, -0.1) is 21.5 Å². The molecule has 7 nitrogen and oxygen atoms in total. The first-order valence-corrected chi connectivity index (χ1v) is 9.52. The van der Waals surface area contributed by atoms with Crippen LogP contribution in [0.5, 0.6) is 0 Å². The van der Waals surface area contributed by atoms with Gasteiger partial charge >= 0.3 is 0 Å². The van der Waals surface area contributed by atoms with Gasteiger partial charge in [-0.25, -0.2) is 4.98 Å². The Bertz CT molecular complexity index is 1120. The van der Waals surface area contributed by atoms with Crippen molar-refractivity contribution in [1.29, 1.82) is 0 Å². The third kappa shape index (κ3) is 3.39. The maximum Gasteiger partial charge on any atom is 0.262 e. The van der Waals surface area contributed by atoms with E-state index in [2.05, 4.69) is 20.5 Å². The molecule has 1 amide bonds. The number of anilines is 1. The van der Waals surface area contributed by atoms with Crippen LogP contribution in [0.4, 0.5) is 5.13 Å². The second kappa shape index (κ2) is 7.14. The van der Waals surface area contributed by atoms with E-state index in [1.807, 2.05) is 35.7 Å². The Morgan fingerprint density at radius 1 is 1.15 bits per heavy atom. The number of nitrogens with one attached hydrogen (secondary N) is 1. The Kier molecular flexibility index (Phi) is 4.55. The van der Waals surface area contributed by atoms with Gasteiger partial charge in [0.1, 0.15) is 9.84 Å². The van der Waals surface area contributed by atoms with Crippen LogP contribution in [0.1, 0.15) is 6.42 Å². The zero-order chi connectivity index (χ0) is 17.9. The molecule has 4 rings (SSSR count). The average molecular weight is 383 g/mol. The lowest BCUT2D eigenvalue weighted by Gasteiger charge is -2.04. The van der Waals surface area contributed by atoms with E-state index >= 15 is 0 Å². The highest BCUT2D eigenvalue weighted by Gasteiger charge is 2.11. The quantitative estimate of drug-likeness (QED) is 0.572. The van der Waals surface area contributed by atoms with Crippen molar-refractivity contribution in [2.45, 2.75) is 13.0 Å². The van der Waals surface area contributed by atoms with Crippen molar-refractivity contribution in [2.75, 3.05) is 5.32 Å². The van der Waals surface area contributed by atoms with Crippen molar-refractivity contribution in [3.63, 3.8) is 0 Å². The third-order valence-corrected chi connectivity index (χ3v) is 5.43. The Balaban J connectivity index is 1.40. The molecule has 3 heterocycles. The zero-order valence-electron chi connectivity index (χ0n) is 13.5. The molecule has 0 aliphatic carbocycles. The van der Waals surface area contributed by atoms with Gasteiger partial charge in [-0.3, -0.25) is 14.2 Å². The monoisotopic (exact) mass is 383 g/mol. The zero-order valence-corrected chi connectivity index (χ0v) is 15.1. The predicted octanol–water partition coefficient (Wildman–Crippen LogP) is 3.01. The van der Waals surface area contributed by atoms with Gasteiger partial charge in [-0.05, 0) is 11.4 Å². The number of amides is 1. The summed E-state index contributed by atoms with van der Waals surface area (Å²) >= 11 is 2.73. The maximum atomic E-state index is 12.3. The molecule has 0 saturated carbocycles. The smallest absolute Gasteiger partial charge is 0.262 e. The molecule has 0 spiro atoms. The van der Waals surface area contributed by atoms with E-state index in [0.717, 1.165) is 10.6 Å². The molecule has 0 aliphatic heterocycles. The number of thiophene rings is 1. The summed E-state index contributed by atoms with van der Waals surface area (Å²) in [6, 6.07) is 11.4. The van der Waals surface area contributed by atoms with Gasteiger partial charge in [0.2, 0.25) is 11.0 Å². The highest BCUT2D eigenvalue weighted by molar-refractivity contribution is 7.18. The van der Waals surface area contributed by atoms with Crippen LogP contribution in [0.15, 0.2) is 52.9 Å². The Labute approximate surface area is 156 Å². The molecular weight excluding hydrogens is 370 g/mol. The summed E-state index contributed by atoms with van der Waals surface area (Å²) in [6.45, 7) is 0.258. The van der Waals surface area contributed by atoms with Gasteiger partial charge in [-0.2, -0.15) is 0 Å². The second-order valence-electron chi connectivity index (χ2n) is 5.46. The summed E-state index contributed by atoms with van der Waals surface area (Å²) in [5, 5.41) is 14.4. The van der Waals surface area contributed by atoms with Gasteiger partial charge in [0.15, 0.2) is 0 Å². The SMILES string of the molecule is O=C(CCn1cnc2sccc2c1=O)Nc1nnc(-c2ccccc2)s1. The number of aryl methyl sites for hydroxylation is 1. The Morgan fingerprint density at radius 3 is 2.85 bits per heavy atom. The van der Waals surface area contributed by atoms with Crippen LogP contribution >= 0.6 is 22.7 Å². The standard InChI is InChI=1S/C17H13N5O2S2/c23-13(6-8-22-10-18-15-12(16(22)24)7-9-25-15)19-17-21-20-14(26-17)11-4-2-1-3-5-11/h1-5,7,9-10H,6,8H2,(H,19,21,23). The molecule has 3 aromatic heterocycles. The lowest BCUT2D eigenvalue weighted by atomic mass is 10.2. The third-order valence-electron chi connectivity index (χ3n) is 3.72. The van der Waals surface area contributed by atoms with Crippen molar-refractivity contribution in [3.8, 4) is 10.6 Å². The van der Waals surface area contributed by atoms with Crippen molar-refractivity contribution in [2.24, 2.45) is 0 Å². The molecule has 0 fully saturated rings. The Hall–Kier alpha value is -2.91. The topological polar surface area (TPSA) is 89.8 Å². The van der Waals surface area contributed by atoms with E-state index in [1.165, 1.54) is 33.6 Å². The van der Waals surface area contributed by atoms with E-state index in [9.17, 15) is 9.59 Å². The molecule has 0 aliphatic rings. The number of benzene rings is 1. The van der Waals surface area contributed by atoms with Crippen molar-refractivity contribution >= 4 is 43.9 Å². The molecule has 130 valence electrons. The van der Waals surface area contributed by atoms with E-state index < -0.39 is 0 Å². The highest BCUT2D eigenvalue weighted by Crippen LogP contribution is 2.25. The number of hydrogen-bond acceptors (Lipinski definition) is 7. The Morgan fingerprint density at radius 2 is 2.00 bits per heavy atom. The minimum Gasteiger partial charge on any atom is -0.300 e. The van der Waals surface area contributed by atoms with Crippen LogP contribution in [0.3, 0.4) is 0 Å². The normalized spacial score (nSPS) is 10.9. The van der Waals surface area contributed by atoms with Crippen LogP contribution in [0.25, 0.3) is 20.8 Å². The van der Waals surface area contributed by atoms with Gasteiger partial charge in [0.25, 0.3) is 5.56 Å². The molecule has 0 bridgehead atoms. The molecule has 0 radical (unpaired) electrons. The van der Waals surface area contributed by atoms with E-state index in [0.29, 0.717) is 15.3 Å². The largest absolute Gasteiger partial charge is 0.300 e. The van der Waals surface area contributed by atoms with Crippen molar-refractivity contribution in [1.82, 2.24) is 19.7 Å². The van der Waals surface area contributed by atoms with Gasteiger partial charge in [-0.1, -0.05) is 41.7 Å². The first-order chi connectivity index (χ1) is 12.7. The highest BCUT2D eigenvalue weighted by atomic mass is 32.1. The lowest BCUT2D eigenvalue weighted by molar-refractivity contribution is -0.116. The molecule has 9 heteroatoms. The summed E-state index contributed by atoms with van der Waals surface area (Å²) < 4.78 is 1.45. The summed E-state index contributed by atoms with van der Waals surface area (Å²) in [5.74, 6) is -0.224. The molecule has 0 atom stereocenters. The van der Waals surface area contributed by atoms with E-state index in [4.69, 9.17) is 0 Å². The number of nitrogens with zero attached hydrogens (tertiary/aromatic N) is 4. The van der Waals surface area contributed by atoms with Gasteiger partial charge in [0, 0.05) is 18.5 Å². The number of hydrogen-bond donors (Lipinski definition) is 1. The molecule has 1 N–H and O–H groups in total. The molecular formula is C17H13N5O2S2. The van der Waals surface area contributed by atoms with Crippen molar-refractivity contribution < 1.29 is 4.79 Å². The van der Waals surface area contributed by atoms with Crippen LogP contribution in [0.2, 0.25) is 0 Å². The predicted molar refractivity (Wildman–Crippen MR) is 102 cm³/mol. The van der Waals surface area contributed by atoms with Crippen LogP contribution in [0, 0.1) is 0 Å². The van der Waals surface area contributed by atoms with Crippen LogP contribution < -0.4 is 10.9 Å². The van der Waals surface area contributed by atoms with Crippen LogP contribution in [-0.2, 0) is 11.3 Å². The fourth-order valence-electron chi connectivity index (χ4n) is 2.43. The number of rotatable bonds is 5. The first-order valence-electron chi connectivity index (χ1n) is 7.82. The minimum absolute atomic E-state index is 0.133. The number of carbonyl (C=O) groups is 1. The molecule has 0 unspecified atom stereocenters. The number of fused-ring (bicyclic) bond motifs is 1. The summed E-state index contributed by atoms with van der Waals surface area (Å²) in [7, 11) is 0. The second-order valence-corrected chi connectivity index (χ2v) is 7.33. The van der Waals surface area contributed by atoms with Gasteiger partial charge < -0.3 is 5.32 Å². The molecule has 1 aromatic carbocycles. The lowest BCUT2D eigenvalue weighted by Crippen LogP contribution is -2.23. The summed E-state index contributed by atoms with van der Waals surface area (Å²) in [6.07, 6.45) is 1.63. The van der Waals surface area contributed by atoms with Crippen molar-refractivity contribution in [3.05, 3.63) is 58.5 Å². The fraction of sp³-hybridized carbons (Fsp3) is 0.118. The summed E-state index contributed by atoms with van der Waals surface area (Å²) in [4.78, 5) is 29.4. The van der Waals surface area contributed by atoms with E-state index in [-0.39, 0.29) is 24.4 Å². The van der Waals surface area contributed by atoms with Gasteiger partial charge in [0.05, 0.1) is 11.7 Å². The summed E-state index contributed by atoms with van der Waals surface area (Å²) in [5.41, 5.74) is 0.818. The maximum absolute atomic E-state index is 12.3. The first kappa shape index (κ1) is 16.6. The van der Waals surface area contributed by atoms with Crippen LogP contribution in [-0.4, -0.2) is 25.7 Å². The average Bonchev–Trinajstić information content (AvgIpc) is 3.32. The fourth-order valence-corrected chi connectivity index (χ4v) is 3.92. The number of aromatic nitrogens is 4. The van der Waals surface area contributed by atoms with E-state index in [1.54, 1.807) is 6.07 Å². The minimum atomic E-state index is -0.224. The molecule has 0 saturated heterocycles. The number of carbonyl (C=O) groups excluding carboxylic acids is 1. The molecule has 26 heavy (non-hydrogen) atoms. The molecule has 4 aromatic rings.